The molecule has 2 aromatic heterocycles. The van der Waals surface area contributed by atoms with Gasteiger partial charge in [-0.1, -0.05) is 25.1 Å². The van der Waals surface area contributed by atoms with Gasteiger partial charge in [-0.25, -0.2) is 0 Å². The second-order valence-electron chi connectivity index (χ2n) is 5.93. The number of carbonyl (C=O) groups excluding carboxylic acids is 1. The maximum Gasteiger partial charge on any atom is 0.254 e. The van der Waals surface area contributed by atoms with Crippen LogP contribution in [0.2, 0.25) is 0 Å². The molecule has 2 heterocycles. The van der Waals surface area contributed by atoms with Gasteiger partial charge in [0, 0.05) is 31.2 Å². The molecule has 0 aliphatic heterocycles. The largest absolute Gasteiger partial charge is 0.352 e. The highest BCUT2D eigenvalue weighted by Gasteiger charge is 2.12. The Balaban J connectivity index is 1.52. The van der Waals surface area contributed by atoms with Crippen molar-refractivity contribution in [2.24, 2.45) is 0 Å². The molecule has 0 unspecified atom stereocenters. The predicted octanol–water partition coefficient (Wildman–Crippen LogP) is 2.77. The fourth-order valence-electron chi connectivity index (χ4n) is 2.81. The molecule has 126 valence electrons. The molecular weight excluding hydrogens is 302 g/mol. The van der Waals surface area contributed by atoms with Crippen molar-refractivity contribution in [3.63, 3.8) is 0 Å². The predicted molar refractivity (Wildman–Crippen MR) is 93.9 cm³/mol. The van der Waals surface area contributed by atoms with E-state index in [1.807, 2.05) is 40.8 Å². The number of rotatable bonds is 7. The van der Waals surface area contributed by atoms with Crippen LogP contribution in [-0.2, 0) is 13.1 Å². The minimum Gasteiger partial charge on any atom is -0.352 e. The second-order valence-corrected chi connectivity index (χ2v) is 5.93. The Hall–Kier alpha value is -2.63. The van der Waals surface area contributed by atoms with E-state index in [0.717, 1.165) is 42.5 Å². The van der Waals surface area contributed by atoms with Gasteiger partial charge in [-0.15, -0.1) is 0 Å². The summed E-state index contributed by atoms with van der Waals surface area (Å²) >= 11 is 0. The molecule has 0 atom stereocenters. The van der Waals surface area contributed by atoms with E-state index in [4.69, 9.17) is 0 Å². The molecule has 0 saturated carbocycles. The van der Waals surface area contributed by atoms with Gasteiger partial charge in [-0.2, -0.15) is 10.2 Å². The SMILES string of the molecule is CCCn1cc(C(=O)NCCCn2ncc3ccccc32)c(C)n1. The number of aryl methyl sites for hydroxylation is 3. The normalized spacial score (nSPS) is 11.1. The fraction of sp³-hybridized carbons (Fsp3) is 0.389. The zero-order valence-electron chi connectivity index (χ0n) is 14.2. The first-order chi connectivity index (χ1) is 11.7. The Morgan fingerprint density at radius 1 is 1.25 bits per heavy atom. The van der Waals surface area contributed by atoms with E-state index in [1.54, 1.807) is 0 Å². The second kappa shape index (κ2) is 7.29. The van der Waals surface area contributed by atoms with Crippen molar-refractivity contribution in [3.8, 4) is 0 Å². The van der Waals surface area contributed by atoms with Crippen LogP contribution in [0.25, 0.3) is 10.9 Å². The summed E-state index contributed by atoms with van der Waals surface area (Å²) in [7, 11) is 0. The van der Waals surface area contributed by atoms with Crippen LogP contribution in [0.4, 0.5) is 0 Å². The van der Waals surface area contributed by atoms with Crippen molar-refractivity contribution in [2.75, 3.05) is 6.54 Å². The molecule has 0 saturated heterocycles. The quantitative estimate of drug-likeness (QED) is 0.679. The van der Waals surface area contributed by atoms with E-state index in [1.165, 1.54) is 0 Å². The highest BCUT2D eigenvalue weighted by atomic mass is 16.1. The molecule has 1 amide bonds. The molecule has 0 fully saturated rings. The van der Waals surface area contributed by atoms with E-state index in [9.17, 15) is 4.79 Å². The van der Waals surface area contributed by atoms with E-state index in [0.29, 0.717) is 12.1 Å². The fourth-order valence-corrected chi connectivity index (χ4v) is 2.81. The molecule has 0 bridgehead atoms. The highest BCUT2D eigenvalue weighted by molar-refractivity contribution is 5.94. The number of nitrogens with one attached hydrogen (secondary N) is 1. The lowest BCUT2D eigenvalue weighted by Crippen LogP contribution is -2.25. The Morgan fingerprint density at radius 2 is 2.08 bits per heavy atom. The van der Waals surface area contributed by atoms with Gasteiger partial charge in [0.05, 0.1) is 23.0 Å². The van der Waals surface area contributed by atoms with Crippen LogP contribution >= 0.6 is 0 Å². The third-order valence-corrected chi connectivity index (χ3v) is 4.03. The van der Waals surface area contributed by atoms with Crippen LogP contribution in [-0.4, -0.2) is 32.0 Å². The zero-order valence-corrected chi connectivity index (χ0v) is 14.2. The number of hydrogen-bond acceptors (Lipinski definition) is 3. The summed E-state index contributed by atoms with van der Waals surface area (Å²) in [4.78, 5) is 12.3. The van der Waals surface area contributed by atoms with Gasteiger partial charge in [-0.3, -0.25) is 14.2 Å². The molecule has 0 radical (unpaired) electrons. The Morgan fingerprint density at radius 3 is 2.92 bits per heavy atom. The summed E-state index contributed by atoms with van der Waals surface area (Å²) in [5.41, 5.74) is 2.56. The molecule has 3 rings (SSSR count). The van der Waals surface area contributed by atoms with Crippen LogP contribution in [0.1, 0.15) is 35.8 Å². The maximum absolute atomic E-state index is 12.3. The van der Waals surface area contributed by atoms with Crippen LogP contribution in [0.3, 0.4) is 0 Å². The minimum absolute atomic E-state index is 0.0554. The number of aromatic nitrogens is 4. The molecule has 0 aliphatic rings. The molecule has 24 heavy (non-hydrogen) atoms. The smallest absolute Gasteiger partial charge is 0.254 e. The van der Waals surface area contributed by atoms with Gasteiger partial charge in [0.15, 0.2) is 0 Å². The van der Waals surface area contributed by atoms with Crippen LogP contribution in [0.5, 0.6) is 0 Å². The topological polar surface area (TPSA) is 64.7 Å². The molecule has 6 nitrogen and oxygen atoms in total. The lowest BCUT2D eigenvalue weighted by molar-refractivity contribution is 0.0952. The monoisotopic (exact) mass is 325 g/mol. The van der Waals surface area contributed by atoms with Crippen molar-refractivity contribution >= 4 is 16.8 Å². The molecular formula is C18H23N5O. The van der Waals surface area contributed by atoms with Crippen LogP contribution in [0, 0.1) is 6.92 Å². The number of carbonyl (C=O) groups is 1. The standard InChI is InChI=1S/C18H23N5O/c1-3-10-22-13-16(14(2)21-22)18(24)19-9-6-11-23-17-8-5-4-7-15(17)12-20-23/h4-5,7-8,12-13H,3,6,9-11H2,1-2H3,(H,19,24). The van der Waals surface area contributed by atoms with Gasteiger partial charge in [-0.05, 0) is 25.8 Å². The number of fused-ring (bicyclic) bond motifs is 1. The Kier molecular flexibility index (Phi) is 4.93. The first-order valence-electron chi connectivity index (χ1n) is 8.42. The highest BCUT2D eigenvalue weighted by Crippen LogP contribution is 2.12. The van der Waals surface area contributed by atoms with E-state index >= 15 is 0 Å². The minimum atomic E-state index is -0.0554. The molecule has 0 spiro atoms. The van der Waals surface area contributed by atoms with Gasteiger partial charge >= 0.3 is 0 Å². The summed E-state index contributed by atoms with van der Waals surface area (Å²) in [6, 6.07) is 8.14. The number of hydrogen-bond donors (Lipinski definition) is 1. The summed E-state index contributed by atoms with van der Waals surface area (Å²) < 4.78 is 3.81. The number of nitrogens with zero attached hydrogens (tertiary/aromatic N) is 4. The molecule has 6 heteroatoms. The number of benzene rings is 1. The van der Waals surface area contributed by atoms with Gasteiger partial charge in [0.25, 0.3) is 5.91 Å². The lowest BCUT2D eigenvalue weighted by Gasteiger charge is -2.06. The van der Waals surface area contributed by atoms with Crippen molar-refractivity contribution in [2.45, 2.75) is 39.8 Å². The lowest BCUT2D eigenvalue weighted by atomic mass is 10.2. The van der Waals surface area contributed by atoms with Crippen molar-refractivity contribution in [1.82, 2.24) is 24.9 Å². The summed E-state index contributed by atoms with van der Waals surface area (Å²) in [5, 5.41) is 12.9. The Labute approximate surface area is 141 Å². The number of para-hydroxylation sites is 1. The average Bonchev–Trinajstić information content (AvgIpc) is 3.15. The summed E-state index contributed by atoms with van der Waals surface area (Å²) in [6.45, 7) is 6.19. The summed E-state index contributed by atoms with van der Waals surface area (Å²) in [5.74, 6) is -0.0554. The third kappa shape index (κ3) is 3.48. The van der Waals surface area contributed by atoms with E-state index in [-0.39, 0.29) is 5.91 Å². The molecule has 1 N–H and O–H groups in total. The number of amides is 1. The molecule has 0 aliphatic carbocycles. The van der Waals surface area contributed by atoms with Gasteiger partial charge in [0.1, 0.15) is 0 Å². The van der Waals surface area contributed by atoms with E-state index in [2.05, 4.69) is 34.6 Å². The first-order valence-corrected chi connectivity index (χ1v) is 8.42. The van der Waals surface area contributed by atoms with Crippen molar-refractivity contribution in [1.29, 1.82) is 0 Å². The van der Waals surface area contributed by atoms with Gasteiger partial charge in [0.2, 0.25) is 0 Å². The van der Waals surface area contributed by atoms with Crippen molar-refractivity contribution < 1.29 is 4.79 Å². The van der Waals surface area contributed by atoms with Crippen LogP contribution < -0.4 is 5.32 Å². The van der Waals surface area contributed by atoms with Gasteiger partial charge < -0.3 is 5.32 Å². The molecule has 3 aromatic rings. The maximum atomic E-state index is 12.3. The Bertz CT molecular complexity index is 833. The molecule has 1 aromatic carbocycles. The average molecular weight is 325 g/mol. The van der Waals surface area contributed by atoms with E-state index < -0.39 is 0 Å². The first kappa shape index (κ1) is 16.2. The van der Waals surface area contributed by atoms with Crippen LogP contribution in [0.15, 0.2) is 36.7 Å². The zero-order chi connectivity index (χ0) is 16.9. The third-order valence-electron chi connectivity index (χ3n) is 4.03. The summed E-state index contributed by atoms with van der Waals surface area (Å²) in [6.07, 6.45) is 5.54. The van der Waals surface area contributed by atoms with Crippen molar-refractivity contribution in [3.05, 3.63) is 47.9 Å².